The van der Waals surface area contributed by atoms with Gasteiger partial charge in [-0.25, -0.2) is 0 Å². The van der Waals surface area contributed by atoms with Crippen LogP contribution in [0.3, 0.4) is 0 Å². The minimum atomic E-state index is -1.66. The minimum Gasteiger partial charge on any atom is -0.507 e. The molecule has 2 aliphatic carbocycles. The van der Waals surface area contributed by atoms with Gasteiger partial charge in [-0.3, -0.25) is 20.0 Å². The van der Waals surface area contributed by atoms with E-state index >= 15 is 0 Å². The van der Waals surface area contributed by atoms with Crippen LogP contribution in [0.4, 0.5) is 0 Å². The molecule has 8 nitrogen and oxygen atoms in total. The number of aliphatic imine (C=N–C) groups is 4. The molecule has 11 heteroatoms. The third-order valence-electron chi connectivity index (χ3n) is 18.4. The van der Waals surface area contributed by atoms with Gasteiger partial charge in [0.05, 0.1) is 40.3 Å². The maximum absolute atomic E-state index is 11.4. The molecule has 0 aromatic heterocycles. The van der Waals surface area contributed by atoms with Crippen LogP contribution in [0, 0.1) is 22.3 Å². The molecular formula is C79H129CoN4O4Si2-3. The molecule has 1 radical (unpaired) electrons. The van der Waals surface area contributed by atoms with Crippen LogP contribution < -0.4 is 10.4 Å². The molecule has 6 rings (SSSR count). The Morgan fingerprint density at radius 2 is 0.589 bits per heavy atom. The van der Waals surface area contributed by atoms with E-state index in [1.165, 1.54) is 59.3 Å². The summed E-state index contributed by atoms with van der Waals surface area (Å²) in [5, 5.41) is 48.2. The summed E-state index contributed by atoms with van der Waals surface area (Å²) in [7, 11) is -3.32. The van der Waals surface area contributed by atoms with E-state index in [9.17, 15) is 20.4 Å². The van der Waals surface area contributed by atoms with E-state index in [1.54, 1.807) is 0 Å². The quantitative estimate of drug-likeness (QED) is 0.0506. The van der Waals surface area contributed by atoms with E-state index in [4.69, 9.17) is 20.0 Å². The third kappa shape index (κ3) is 22.4. The van der Waals surface area contributed by atoms with Crippen molar-refractivity contribution in [2.24, 2.45) is 20.0 Å². The molecule has 4 atom stereocenters. The normalized spacial score (nSPS) is 18.2. The van der Waals surface area contributed by atoms with Gasteiger partial charge in [-0.15, -0.1) is 0 Å². The molecule has 0 heterocycles. The monoisotopic (exact) mass is 1310 g/mol. The number of benzene rings is 4. The van der Waals surface area contributed by atoms with Gasteiger partial charge in [0, 0.05) is 75.0 Å². The number of phenolic OH excluding ortho intramolecular Hbond substituents is 4. The Morgan fingerprint density at radius 3 is 0.800 bits per heavy atom. The van der Waals surface area contributed by atoms with Crippen LogP contribution in [0.15, 0.2) is 68.5 Å². The average molecular weight is 1310 g/mol. The number of rotatable bonds is 16. The van der Waals surface area contributed by atoms with Crippen LogP contribution in [0.25, 0.3) is 0 Å². The van der Waals surface area contributed by atoms with Gasteiger partial charge in [0.15, 0.2) is 0 Å². The number of nitrogens with zero attached hydrogens (tertiary/aromatic N) is 4. The van der Waals surface area contributed by atoms with E-state index in [2.05, 4.69) is 213 Å². The Hall–Kier alpha value is -4.30. The summed E-state index contributed by atoms with van der Waals surface area (Å²) >= 11 is 0. The first-order chi connectivity index (χ1) is 39.5. The van der Waals surface area contributed by atoms with Crippen LogP contribution in [0.5, 0.6) is 23.0 Å². The average Bonchev–Trinajstić information content (AvgIpc) is 0.956. The predicted molar refractivity (Wildman–Crippen MR) is 400 cm³/mol. The van der Waals surface area contributed by atoms with Crippen molar-refractivity contribution in [3.63, 3.8) is 0 Å². The second-order valence-corrected chi connectivity index (χ2v) is 43.0. The third-order valence-corrected chi connectivity index (χ3v) is 25.3. The van der Waals surface area contributed by atoms with Gasteiger partial charge in [-0.2, -0.15) is 0 Å². The zero-order chi connectivity index (χ0) is 64.8. The molecule has 2 aliphatic rings. The van der Waals surface area contributed by atoms with E-state index in [1.807, 2.05) is 24.9 Å². The summed E-state index contributed by atoms with van der Waals surface area (Å²) < 4.78 is 0. The zero-order valence-corrected chi connectivity index (χ0v) is 65.1. The van der Waals surface area contributed by atoms with Crippen molar-refractivity contribution in [2.45, 2.75) is 310 Å². The Balaban J connectivity index is 0.000000862. The van der Waals surface area contributed by atoms with Gasteiger partial charge in [0.25, 0.3) is 0 Å². The Kier molecular flexibility index (Phi) is 30.9. The van der Waals surface area contributed by atoms with Gasteiger partial charge in [0.2, 0.25) is 0 Å². The van der Waals surface area contributed by atoms with Crippen LogP contribution >= 0.6 is 0 Å². The second kappa shape index (κ2) is 33.2. The summed E-state index contributed by atoms with van der Waals surface area (Å²) in [6.07, 6.45) is 20.9. The fourth-order valence-electron chi connectivity index (χ4n) is 12.1. The fourth-order valence-corrected chi connectivity index (χ4v) is 17.3. The number of phenols is 4. The number of hydrogen-bond acceptors (Lipinski definition) is 8. The van der Waals surface area contributed by atoms with Crippen LogP contribution in [0.1, 0.15) is 271 Å². The SMILES string of the molecule is CCCC[Si](C)(C)c1cc(C=NC2CCCCC2N=Cc2cc(C(C)(C)C)cc(C(C)(C)C)c2O)c(O)c(C(C)(C)C)c1.CCCC[Si](C)(C)c1cc(C=NC2CCCCC2N=Cc2cc(C(C)(C)C)cc(C(C)(C)C)c2O)c(O)c(C(C)(C)C)c1.[CH3-].[CH3-].[CH3-].[Co]. The smallest absolute Gasteiger partial charge is 0.128 e. The standard InChI is InChI=1S/2C38H60N2O2Si.3CH3.Co/c2*1-13-14-19-43(11,12)29-21-27(35(42)31(23-29)38(8,9)10)25-40-33-18-16-15-17-32(33)39-24-26-20-28(36(2,3)4)22-30(34(26)41)37(5,6)7;;;;/h2*20-25,32-33,41-42H,13-19H2,1-12H3;3*1H3;/q;;3*-1;. The summed E-state index contributed by atoms with van der Waals surface area (Å²) in [6, 6.07) is 20.1. The molecule has 0 saturated heterocycles. The van der Waals surface area contributed by atoms with Crippen molar-refractivity contribution in [3.05, 3.63) is 126 Å². The number of unbranched alkanes of at least 4 members (excludes halogenated alkanes) is 2. The maximum atomic E-state index is 11.4. The Bertz CT molecular complexity index is 2850. The number of hydrogen-bond donors (Lipinski definition) is 4. The molecular weight excluding hydrogens is 1180 g/mol. The molecule has 0 bridgehead atoms. The van der Waals surface area contributed by atoms with Crippen molar-refractivity contribution >= 4 is 51.4 Å². The summed E-state index contributed by atoms with van der Waals surface area (Å²) in [4.78, 5) is 20.4. The van der Waals surface area contributed by atoms with E-state index in [-0.39, 0.29) is 95.7 Å². The van der Waals surface area contributed by atoms with Gasteiger partial charge < -0.3 is 42.7 Å². The molecule has 509 valence electrons. The van der Waals surface area contributed by atoms with Gasteiger partial charge in [-0.05, 0) is 92.6 Å². The molecule has 2 saturated carbocycles. The molecule has 0 aliphatic heterocycles. The summed E-state index contributed by atoms with van der Waals surface area (Å²) in [6.45, 7) is 53.5. The van der Waals surface area contributed by atoms with E-state index in [0.717, 1.165) is 95.9 Å². The van der Waals surface area contributed by atoms with Crippen molar-refractivity contribution in [2.75, 3.05) is 0 Å². The molecule has 4 aromatic carbocycles. The molecule has 4 aromatic rings. The molecule has 4 N–H and O–H groups in total. The molecule has 0 amide bonds. The molecule has 4 unspecified atom stereocenters. The van der Waals surface area contributed by atoms with Gasteiger partial charge >= 0.3 is 0 Å². The van der Waals surface area contributed by atoms with E-state index < -0.39 is 16.1 Å². The minimum absolute atomic E-state index is 0. The Labute approximate surface area is 565 Å². The first-order valence-corrected chi connectivity index (χ1v) is 39.6. The Morgan fingerprint density at radius 1 is 0.367 bits per heavy atom. The van der Waals surface area contributed by atoms with Crippen molar-refractivity contribution in [3.8, 4) is 23.0 Å². The zero-order valence-electron chi connectivity index (χ0n) is 62.0. The molecule has 0 spiro atoms. The topological polar surface area (TPSA) is 130 Å². The van der Waals surface area contributed by atoms with Crippen molar-refractivity contribution < 1.29 is 37.2 Å². The summed E-state index contributed by atoms with van der Waals surface area (Å²) in [5.74, 6) is 1.36. The predicted octanol–water partition coefficient (Wildman–Crippen LogP) is 20.5. The van der Waals surface area contributed by atoms with E-state index in [0.29, 0.717) is 23.0 Å². The molecule has 2 fully saturated rings. The van der Waals surface area contributed by atoms with Gasteiger partial charge in [-0.1, -0.05) is 275 Å². The first kappa shape index (κ1) is 83.7. The first-order valence-electron chi connectivity index (χ1n) is 33.2. The van der Waals surface area contributed by atoms with Crippen LogP contribution in [-0.2, 0) is 49.3 Å². The molecule has 90 heavy (non-hydrogen) atoms. The van der Waals surface area contributed by atoms with Crippen LogP contribution in [0.2, 0.25) is 38.3 Å². The van der Waals surface area contributed by atoms with Gasteiger partial charge in [0.1, 0.15) is 23.0 Å². The van der Waals surface area contributed by atoms with Crippen molar-refractivity contribution in [1.29, 1.82) is 0 Å². The maximum Gasteiger partial charge on any atom is 0.128 e. The largest absolute Gasteiger partial charge is 0.507 e. The fraction of sp³-hybridized carbons (Fsp3) is 0.608. The van der Waals surface area contributed by atoms with Crippen molar-refractivity contribution in [1.82, 2.24) is 0 Å². The number of aromatic hydroxyl groups is 4. The van der Waals surface area contributed by atoms with Crippen LogP contribution in [-0.4, -0.2) is 85.6 Å². The second-order valence-electron chi connectivity index (χ2n) is 33.3. The summed E-state index contributed by atoms with van der Waals surface area (Å²) in [5.41, 5.74) is 8.79.